The highest BCUT2D eigenvalue weighted by Gasteiger charge is 2.12. The van der Waals surface area contributed by atoms with E-state index < -0.39 is 10.4 Å². The Morgan fingerprint density at radius 2 is 1.92 bits per heavy atom. The quantitative estimate of drug-likeness (QED) is 0.390. The van der Waals surface area contributed by atoms with E-state index in [9.17, 15) is 8.42 Å². The van der Waals surface area contributed by atoms with Gasteiger partial charge in [-0.1, -0.05) is 0 Å². The molecule has 1 N–H and O–H groups in total. The standard InChI is InChI=1S/C7H17NO4S/c1-4-8(2,3)6-5-7-12-13(9,10)11/h4-7H2,1-3H3/p+1. The van der Waals surface area contributed by atoms with Gasteiger partial charge in [-0.3, -0.25) is 4.55 Å². The lowest BCUT2D eigenvalue weighted by Gasteiger charge is -2.27. The monoisotopic (exact) mass is 212 g/mol. The third-order valence-electron chi connectivity index (χ3n) is 2.00. The van der Waals surface area contributed by atoms with Crippen molar-refractivity contribution in [1.29, 1.82) is 0 Å². The van der Waals surface area contributed by atoms with Crippen LogP contribution in [-0.2, 0) is 14.6 Å². The summed E-state index contributed by atoms with van der Waals surface area (Å²) in [5, 5.41) is 0. The molecule has 0 heterocycles. The van der Waals surface area contributed by atoms with Gasteiger partial charge in [-0.15, -0.1) is 0 Å². The van der Waals surface area contributed by atoms with Crippen molar-refractivity contribution < 1.29 is 21.6 Å². The van der Waals surface area contributed by atoms with Crippen molar-refractivity contribution in [3.8, 4) is 0 Å². The molecule has 0 fully saturated rings. The Morgan fingerprint density at radius 3 is 2.31 bits per heavy atom. The van der Waals surface area contributed by atoms with Crippen LogP contribution in [0.2, 0.25) is 0 Å². The minimum absolute atomic E-state index is 0.0422. The summed E-state index contributed by atoms with van der Waals surface area (Å²) in [7, 11) is -0.157. The first kappa shape index (κ1) is 12.8. The summed E-state index contributed by atoms with van der Waals surface area (Å²) in [6, 6.07) is 0. The molecular formula is C7H18NO4S+. The number of hydrogen-bond acceptors (Lipinski definition) is 3. The van der Waals surface area contributed by atoms with E-state index in [1.165, 1.54) is 0 Å². The fourth-order valence-corrected chi connectivity index (χ4v) is 1.14. The van der Waals surface area contributed by atoms with Crippen molar-refractivity contribution in [2.75, 3.05) is 33.8 Å². The molecule has 6 heteroatoms. The largest absolute Gasteiger partial charge is 0.397 e. The summed E-state index contributed by atoms with van der Waals surface area (Å²) in [5.41, 5.74) is 0. The van der Waals surface area contributed by atoms with Crippen LogP contribution in [0.25, 0.3) is 0 Å². The molecule has 0 bridgehead atoms. The zero-order valence-electron chi connectivity index (χ0n) is 8.36. The highest BCUT2D eigenvalue weighted by atomic mass is 32.3. The Hall–Kier alpha value is -0.170. The van der Waals surface area contributed by atoms with Crippen LogP contribution in [-0.4, -0.2) is 51.2 Å². The molecule has 0 aliphatic heterocycles. The molecule has 0 aliphatic carbocycles. The molecule has 5 nitrogen and oxygen atoms in total. The molecule has 0 saturated heterocycles. The van der Waals surface area contributed by atoms with Gasteiger partial charge in [0.05, 0.1) is 33.8 Å². The van der Waals surface area contributed by atoms with E-state index in [-0.39, 0.29) is 6.61 Å². The van der Waals surface area contributed by atoms with E-state index in [0.717, 1.165) is 17.6 Å². The van der Waals surface area contributed by atoms with Gasteiger partial charge in [-0.2, -0.15) is 8.42 Å². The van der Waals surface area contributed by atoms with E-state index in [1.54, 1.807) is 0 Å². The Morgan fingerprint density at radius 1 is 1.38 bits per heavy atom. The number of hydrogen-bond donors (Lipinski definition) is 1. The molecule has 0 rings (SSSR count). The summed E-state index contributed by atoms with van der Waals surface area (Å²) in [6.45, 7) is 3.90. The SMILES string of the molecule is CC[N+](C)(C)CCCOS(=O)(=O)O. The van der Waals surface area contributed by atoms with Gasteiger partial charge in [0.25, 0.3) is 0 Å². The van der Waals surface area contributed by atoms with Crippen LogP contribution in [0.1, 0.15) is 13.3 Å². The summed E-state index contributed by atoms with van der Waals surface area (Å²) in [6.07, 6.45) is 0.612. The van der Waals surface area contributed by atoms with Gasteiger partial charge in [0.1, 0.15) is 0 Å². The third kappa shape index (κ3) is 8.17. The second kappa shape index (κ2) is 4.90. The van der Waals surface area contributed by atoms with Crippen molar-refractivity contribution in [3.05, 3.63) is 0 Å². The predicted molar refractivity (Wildman–Crippen MR) is 49.6 cm³/mol. The Bertz CT molecular complexity index is 235. The predicted octanol–water partition coefficient (Wildman–Crippen LogP) is 0.292. The van der Waals surface area contributed by atoms with Gasteiger partial charge in [-0.25, -0.2) is 4.18 Å². The molecule has 0 aromatic carbocycles. The van der Waals surface area contributed by atoms with Gasteiger partial charge in [-0.05, 0) is 6.92 Å². The summed E-state index contributed by atoms with van der Waals surface area (Å²) < 4.78 is 33.6. The van der Waals surface area contributed by atoms with Crippen molar-refractivity contribution >= 4 is 10.4 Å². The Kier molecular flexibility index (Phi) is 4.83. The van der Waals surface area contributed by atoms with Gasteiger partial charge in [0, 0.05) is 6.42 Å². The topological polar surface area (TPSA) is 63.6 Å². The number of quaternary nitrogens is 1. The van der Waals surface area contributed by atoms with Crippen LogP contribution in [0, 0.1) is 0 Å². The van der Waals surface area contributed by atoms with Crippen LogP contribution in [0.3, 0.4) is 0 Å². The molecular weight excluding hydrogens is 194 g/mol. The van der Waals surface area contributed by atoms with E-state index >= 15 is 0 Å². The maximum absolute atomic E-state index is 10.2. The van der Waals surface area contributed by atoms with Crippen molar-refractivity contribution in [2.45, 2.75) is 13.3 Å². The highest BCUT2D eigenvalue weighted by Crippen LogP contribution is 1.99. The van der Waals surface area contributed by atoms with Crippen LogP contribution in [0.15, 0.2) is 0 Å². The van der Waals surface area contributed by atoms with E-state index in [1.807, 2.05) is 14.1 Å². The number of rotatable bonds is 6. The molecule has 0 atom stereocenters. The lowest BCUT2D eigenvalue weighted by molar-refractivity contribution is -0.888. The number of nitrogens with zero attached hydrogens (tertiary/aromatic N) is 1. The minimum Gasteiger partial charge on any atom is -0.329 e. The molecule has 13 heavy (non-hydrogen) atoms. The van der Waals surface area contributed by atoms with Crippen LogP contribution < -0.4 is 0 Å². The zero-order valence-corrected chi connectivity index (χ0v) is 9.17. The fourth-order valence-electron chi connectivity index (χ4n) is 0.815. The smallest absolute Gasteiger partial charge is 0.329 e. The molecule has 0 spiro atoms. The van der Waals surface area contributed by atoms with Gasteiger partial charge in [0.2, 0.25) is 0 Å². The van der Waals surface area contributed by atoms with Crippen LogP contribution in [0.5, 0.6) is 0 Å². The minimum atomic E-state index is -4.26. The summed E-state index contributed by atoms with van der Waals surface area (Å²) >= 11 is 0. The van der Waals surface area contributed by atoms with E-state index in [4.69, 9.17) is 4.55 Å². The van der Waals surface area contributed by atoms with E-state index in [2.05, 4.69) is 11.1 Å². The zero-order chi connectivity index (χ0) is 10.5. The van der Waals surface area contributed by atoms with Crippen LogP contribution in [0.4, 0.5) is 0 Å². The second-order valence-electron chi connectivity index (χ2n) is 3.58. The molecule has 0 unspecified atom stereocenters. The van der Waals surface area contributed by atoms with Crippen molar-refractivity contribution in [3.63, 3.8) is 0 Å². The average Bonchev–Trinajstić information content (AvgIpc) is 1.97. The molecule has 0 aliphatic rings. The van der Waals surface area contributed by atoms with Gasteiger partial charge < -0.3 is 4.48 Å². The molecule has 0 radical (unpaired) electrons. The second-order valence-corrected chi connectivity index (χ2v) is 4.67. The fraction of sp³-hybridized carbons (Fsp3) is 1.00. The molecule has 0 saturated carbocycles. The first-order valence-corrected chi connectivity index (χ1v) is 5.57. The van der Waals surface area contributed by atoms with Gasteiger partial charge >= 0.3 is 10.4 Å². The normalized spacial score (nSPS) is 13.2. The molecule has 0 amide bonds. The summed E-state index contributed by atoms with van der Waals surface area (Å²) in [4.78, 5) is 0. The van der Waals surface area contributed by atoms with Crippen LogP contribution >= 0.6 is 0 Å². The summed E-state index contributed by atoms with van der Waals surface area (Å²) in [5.74, 6) is 0. The molecule has 80 valence electrons. The maximum atomic E-state index is 10.2. The first-order chi connectivity index (χ1) is 5.77. The maximum Gasteiger partial charge on any atom is 0.397 e. The van der Waals surface area contributed by atoms with Crippen molar-refractivity contribution in [2.24, 2.45) is 0 Å². The van der Waals surface area contributed by atoms with E-state index in [0.29, 0.717) is 6.42 Å². The van der Waals surface area contributed by atoms with Gasteiger partial charge in [0.15, 0.2) is 0 Å². The lowest BCUT2D eigenvalue weighted by atomic mass is 10.3. The third-order valence-corrected chi connectivity index (χ3v) is 2.46. The van der Waals surface area contributed by atoms with Crippen molar-refractivity contribution in [1.82, 2.24) is 0 Å². The Balaban J connectivity index is 3.58. The molecule has 0 aromatic heterocycles. The highest BCUT2D eigenvalue weighted by molar-refractivity contribution is 7.80. The Labute approximate surface area is 79.8 Å². The first-order valence-electron chi connectivity index (χ1n) is 4.21. The molecule has 0 aromatic rings. The average molecular weight is 212 g/mol. The lowest BCUT2D eigenvalue weighted by Crippen LogP contribution is -2.40.